The highest BCUT2D eigenvalue weighted by Crippen LogP contribution is 2.20. The largest absolute Gasteiger partial charge is 0.490 e. The van der Waals surface area contributed by atoms with E-state index in [4.69, 9.17) is 16.3 Å². The molecule has 1 heterocycles. The summed E-state index contributed by atoms with van der Waals surface area (Å²) in [6.07, 6.45) is 1.83. The first-order valence-electron chi connectivity index (χ1n) is 8.15. The monoisotopic (exact) mass is 344 g/mol. The summed E-state index contributed by atoms with van der Waals surface area (Å²) in [6, 6.07) is 15.1. The van der Waals surface area contributed by atoms with Gasteiger partial charge in [0.1, 0.15) is 11.9 Å². The van der Waals surface area contributed by atoms with Crippen molar-refractivity contribution in [2.45, 2.75) is 25.9 Å². The number of likely N-dealkylation sites (tertiary alicyclic amines) is 1. The molecule has 24 heavy (non-hydrogen) atoms. The second-order valence-corrected chi connectivity index (χ2v) is 6.49. The van der Waals surface area contributed by atoms with E-state index >= 15 is 0 Å². The van der Waals surface area contributed by atoms with Crippen LogP contribution in [0.5, 0.6) is 5.75 Å². The summed E-state index contributed by atoms with van der Waals surface area (Å²) in [5, 5.41) is 3.55. The number of hydrogen-bond acceptors (Lipinski definition) is 2. The zero-order valence-corrected chi connectivity index (χ0v) is 14.4. The normalized spacial score (nSPS) is 15.2. The number of ether oxygens (including phenoxy) is 1. The van der Waals surface area contributed by atoms with Crippen LogP contribution in [0.3, 0.4) is 0 Å². The zero-order chi connectivity index (χ0) is 16.9. The van der Waals surface area contributed by atoms with Gasteiger partial charge in [-0.2, -0.15) is 0 Å². The van der Waals surface area contributed by atoms with Gasteiger partial charge in [-0.25, -0.2) is 4.79 Å². The van der Waals surface area contributed by atoms with Crippen molar-refractivity contribution in [2.75, 3.05) is 18.4 Å². The molecule has 0 aromatic heterocycles. The molecule has 0 spiro atoms. The van der Waals surface area contributed by atoms with Crippen molar-refractivity contribution in [3.8, 4) is 5.75 Å². The van der Waals surface area contributed by atoms with Gasteiger partial charge in [-0.3, -0.25) is 0 Å². The Morgan fingerprint density at radius 2 is 1.71 bits per heavy atom. The van der Waals surface area contributed by atoms with E-state index in [2.05, 4.69) is 12.2 Å². The number of benzene rings is 2. The number of rotatable bonds is 3. The van der Waals surface area contributed by atoms with Crippen LogP contribution in [0.2, 0.25) is 5.02 Å². The molecule has 1 saturated heterocycles. The molecule has 0 saturated carbocycles. The first kappa shape index (κ1) is 16.7. The first-order chi connectivity index (χ1) is 11.6. The molecule has 0 atom stereocenters. The van der Waals surface area contributed by atoms with Crippen LogP contribution < -0.4 is 10.1 Å². The summed E-state index contributed by atoms with van der Waals surface area (Å²) < 4.78 is 6.00. The fourth-order valence-corrected chi connectivity index (χ4v) is 2.85. The number of halogens is 1. The van der Waals surface area contributed by atoms with Gasteiger partial charge in [0.2, 0.25) is 0 Å². The predicted octanol–water partition coefficient (Wildman–Crippen LogP) is 4.72. The van der Waals surface area contributed by atoms with E-state index in [1.54, 1.807) is 24.3 Å². The molecule has 0 aliphatic carbocycles. The van der Waals surface area contributed by atoms with Crippen molar-refractivity contribution in [3.63, 3.8) is 0 Å². The molecular weight excluding hydrogens is 324 g/mol. The molecule has 2 amide bonds. The maximum absolute atomic E-state index is 12.3. The Morgan fingerprint density at radius 1 is 1.08 bits per heavy atom. The van der Waals surface area contributed by atoms with Crippen LogP contribution in [0.4, 0.5) is 10.5 Å². The molecule has 1 N–H and O–H groups in total. The van der Waals surface area contributed by atoms with Crippen LogP contribution in [0, 0.1) is 6.92 Å². The van der Waals surface area contributed by atoms with Crippen molar-refractivity contribution in [1.82, 2.24) is 4.90 Å². The molecule has 0 radical (unpaired) electrons. The summed E-state index contributed by atoms with van der Waals surface area (Å²) in [5.74, 6) is 0.893. The van der Waals surface area contributed by atoms with Crippen LogP contribution >= 0.6 is 11.6 Å². The van der Waals surface area contributed by atoms with Crippen molar-refractivity contribution in [1.29, 1.82) is 0 Å². The van der Waals surface area contributed by atoms with Crippen LogP contribution in [0.15, 0.2) is 48.5 Å². The minimum atomic E-state index is -0.0777. The Kier molecular flexibility index (Phi) is 5.26. The molecule has 1 fully saturated rings. The molecular formula is C19H21ClN2O2. The highest BCUT2D eigenvalue weighted by Gasteiger charge is 2.24. The molecule has 5 heteroatoms. The number of carbonyl (C=O) groups is 1. The SMILES string of the molecule is Cc1ccc(OC2CCN(C(=O)Nc3ccc(Cl)cc3)CC2)cc1. The number of hydrogen-bond donors (Lipinski definition) is 1. The molecule has 4 nitrogen and oxygen atoms in total. The van der Waals surface area contributed by atoms with Crippen molar-refractivity contribution in [2.24, 2.45) is 0 Å². The van der Waals surface area contributed by atoms with Gasteiger partial charge in [0.25, 0.3) is 0 Å². The molecule has 2 aromatic rings. The number of anilines is 1. The quantitative estimate of drug-likeness (QED) is 0.875. The smallest absolute Gasteiger partial charge is 0.321 e. The summed E-state index contributed by atoms with van der Waals surface area (Å²) >= 11 is 5.85. The first-order valence-corrected chi connectivity index (χ1v) is 8.53. The van der Waals surface area contributed by atoms with E-state index < -0.39 is 0 Å². The van der Waals surface area contributed by atoms with E-state index in [0.29, 0.717) is 18.1 Å². The van der Waals surface area contributed by atoms with Crippen LogP contribution in [0.1, 0.15) is 18.4 Å². The van der Waals surface area contributed by atoms with Crippen molar-refractivity contribution >= 4 is 23.3 Å². The summed E-state index contributed by atoms with van der Waals surface area (Å²) in [7, 11) is 0. The minimum absolute atomic E-state index is 0.0777. The molecule has 0 bridgehead atoms. The number of carbonyl (C=O) groups excluding carboxylic acids is 1. The topological polar surface area (TPSA) is 41.6 Å². The van der Waals surface area contributed by atoms with Crippen LogP contribution in [-0.4, -0.2) is 30.1 Å². The lowest BCUT2D eigenvalue weighted by molar-refractivity contribution is 0.115. The molecule has 126 valence electrons. The zero-order valence-electron chi connectivity index (χ0n) is 13.7. The Hall–Kier alpha value is -2.20. The van der Waals surface area contributed by atoms with Gasteiger partial charge >= 0.3 is 6.03 Å². The standard InChI is InChI=1S/C19H21ClN2O2/c1-14-2-8-17(9-3-14)24-18-10-12-22(13-11-18)19(23)21-16-6-4-15(20)5-7-16/h2-9,18H,10-13H2,1H3,(H,21,23). The van der Waals surface area contributed by atoms with Gasteiger partial charge in [-0.1, -0.05) is 29.3 Å². The third-order valence-corrected chi connectivity index (χ3v) is 4.40. The number of amides is 2. The maximum Gasteiger partial charge on any atom is 0.321 e. The number of nitrogens with zero attached hydrogens (tertiary/aromatic N) is 1. The lowest BCUT2D eigenvalue weighted by atomic mass is 10.1. The lowest BCUT2D eigenvalue weighted by Gasteiger charge is -2.32. The second-order valence-electron chi connectivity index (χ2n) is 6.05. The average Bonchev–Trinajstić information content (AvgIpc) is 2.59. The Bertz CT molecular complexity index is 678. The summed E-state index contributed by atoms with van der Waals surface area (Å²) in [5.41, 5.74) is 1.97. The van der Waals surface area contributed by atoms with Crippen molar-refractivity contribution in [3.05, 3.63) is 59.1 Å². The third kappa shape index (κ3) is 4.42. The second kappa shape index (κ2) is 7.58. The van der Waals surface area contributed by atoms with Crippen LogP contribution in [-0.2, 0) is 0 Å². The van der Waals surface area contributed by atoms with Gasteiger partial charge < -0.3 is 15.0 Å². The van der Waals surface area contributed by atoms with E-state index in [0.717, 1.165) is 24.3 Å². The molecule has 3 rings (SSSR count). The van der Waals surface area contributed by atoms with Gasteiger partial charge in [-0.05, 0) is 43.3 Å². The average molecular weight is 345 g/mol. The van der Waals surface area contributed by atoms with Gasteiger partial charge in [0.15, 0.2) is 0 Å². The lowest BCUT2D eigenvalue weighted by Crippen LogP contribution is -2.43. The van der Waals surface area contributed by atoms with E-state index in [9.17, 15) is 4.79 Å². The van der Waals surface area contributed by atoms with Gasteiger partial charge in [0.05, 0.1) is 0 Å². The number of urea groups is 1. The minimum Gasteiger partial charge on any atom is -0.490 e. The van der Waals surface area contributed by atoms with E-state index in [1.807, 2.05) is 29.2 Å². The Morgan fingerprint density at radius 3 is 2.33 bits per heavy atom. The number of piperidine rings is 1. The summed E-state index contributed by atoms with van der Waals surface area (Å²) in [4.78, 5) is 14.1. The Labute approximate surface area is 147 Å². The predicted molar refractivity (Wildman–Crippen MR) is 96.9 cm³/mol. The van der Waals surface area contributed by atoms with Gasteiger partial charge in [0, 0.05) is 36.6 Å². The van der Waals surface area contributed by atoms with Crippen molar-refractivity contribution < 1.29 is 9.53 Å². The molecule has 1 aliphatic rings. The fraction of sp³-hybridized carbons (Fsp3) is 0.316. The molecule has 1 aliphatic heterocycles. The van der Waals surface area contributed by atoms with E-state index in [1.165, 1.54) is 5.56 Å². The highest BCUT2D eigenvalue weighted by molar-refractivity contribution is 6.30. The van der Waals surface area contributed by atoms with Gasteiger partial charge in [-0.15, -0.1) is 0 Å². The highest BCUT2D eigenvalue weighted by atomic mass is 35.5. The Balaban J connectivity index is 1.48. The third-order valence-electron chi connectivity index (χ3n) is 4.15. The maximum atomic E-state index is 12.3. The number of nitrogens with one attached hydrogen (secondary N) is 1. The summed E-state index contributed by atoms with van der Waals surface area (Å²) in [6.45, 7) is 3.44. The van der Waals surface area contributed by atoms with E-state index in [-0.39, 0.29) is 12.1 Å². The molecule has 0 unspecified atom stereocenters. The molecule has 2 aromatic carbocycles. The number of aryl methyl sites for hydroxylation is 1. The fourth-order valence-electron chi connectivity index (χ4n) is 2.72. The van der Waals surface area contributed by atoms with Crippen LogP contribution in [0.25, 0.3) is 0 Å².